The zero-order valence-electron chi connectivity index (χ0n) is 11.2. The van der Waals surface area contributed by atoms with Crippen LogP contribution in [-0.4, -0.2) is 15.0 Å². The van der Waals surface area contributed by atoms with Crippen molar-refractivity contribution in [2.24, 2.45) is 0 Å². The molecule has 0 aromatic heterocycles. The van der Waals surface area contributed by atoms with Gasteiger partial charge in [0.05, 0.1) is 11.5 Å². The molecule has 0 bridgehead atoms. The maximum absolute atomic E-state index is 11.9. The first-order chi connectivity index (χ1) is 9.47. The van der Waals surface area contributed by atoms with Crippen LogP contribution in [0.3, 0.4) is 0 Å². The maximum atomic E-state index is 11.9. The normalized spacial score (nSPS) is 11.4. The van der Waals surface area contributed by atoms with Gasteiger partial charge in [-0.2, -0.15) is 8.42 Å². The first-order valence-corrected chi connectivity index (χ1v) is 7.69. The van der Waals surface area contributed by atoms with E-state index in [1.54, 1.807) is 36.4 Å². The highest BCUT2D eigenvalue weighted by molar-refractivity contribution is 7.86. The van der Waals surface area contributed by atoms with Crippen molar-refractivity contribution in [3.63, 3.8) is 0 Å². The lowest BCUT2D eigenvalue weighted by Gasteiger charge is -2.06. The predicted molar refractivity (Wildman–Crippen MR) is 78.9 cm³/mol. The van der Waals surface area contributed by atoms with Crippen molar-refractivity contribution < 1.29 is 12.6 Å². The molecule has 5 heteroatoms. The van der Waals surface area contributed by atoms with E-state index in [1.165, 1.54) is 0 Å². The van der Waals surface area contributed by atoms with Gasteiger partial charge in [0.15, 0.2) is 0 Å². The lowest BCUT2D eigenvalue weighted by atomic mass is 10.1. The average molecular weight is 291 g/mol. The van der Waals surface area contributed by atoms with E-state index in [2.05, 4.69) is 0 Å². The Morgan fingerprint density at radius 2 is 1.60 bits per heavy atom. The van der Waals surface area contributed by atoms with Crippen LogP contribution in [0.15, 0.2) is 53.4 Å². The summed E-state index contributed by atoms with van der Waals surface area (Å²) in [6, 6.07) is 13.9. The fourth-order valence-electron chi connectivity index (χ4n) is 1.73. The molecule has 2 aromatic carbocycles. The van der Waals surface area contributed by atoms with Gasteiger partial charge >= 0.3 is 0 Å². The Balaban J connectivity index is 1.96. The van der Waals surface area contributed by atoms with Gasteiger partial charge in [-0.05, 0) is 43.2 Å². The van der Waals surface area contributed by atoms with Gasteiger partial charge in [-0.15, -0.1) is 0 Å². The van der Waals surface area contributed by atoms with E-state index >= 15 is 0 Å². The minimum Gasteiger partial charge on any atom is -0.399 e. The summed E-state index contributed by atoms with van der Waals surface area (Å²) in [5, 5.41) is 0. The third-order valence-electron chi connectivity index (χ3n) is 2.92. The number of nitrogen functional groups attached to an aromatic ring is 1. The lowest BCUT2D eigenvalue weighted by molar-refractivity contribution is 0.322. The molecule has 0 unspecified atom stereocenters. The van der Waals surface area contributed by atoms with Gasteiger partial charge in [0.1, 0.15) is 0 Å². The maximum Gasteiger partial charge on any atom is 0.296 e. The van der Waals surface area contributed by atoms with Gasteiger partial charge in [0, 0.05) is 5.69 Å². The van der Waals surface area contributed by atoms with E-state index in [0.29, 0.717) is 12.1 Å². The Kier molecular flexibility index (Phi) is 4.42. The van der Waals surface area contributed by atoms with E-state index < -0.39 is 10.1 Å². The number of rotatable bonds is 5. The summed E-state index contributed by atoms with van der Waals surface area (Å²) in [6.45, 7) is 2.01. The molecule has 0 saturated heterocycles. The summed E-state index contributed by atoms with van der Waals surface area (Å²) in [6.07, 6.45) is 0.519. The molecule has 0 aliphatic heterocycles. The van der Waals surface area contributed by atoms with Crippen LogP contribution in [0.2, 0.25) is 0 Å². The molecule has 0 aliphatic carbocycles. The summed E-state index contributed by atoms with van der Waals surface area (Å²) in [7, 11) is -3.68. The second-order valence-corrected chi connectivity index (χ2v) is 6.20. The number of benzene rings is 2. The zero-order valence-corrected chi connectivity index (χ0v) is 12.1. The van der Waals surface area contributed by atoms with Crippen LogP contribution in [-0.2, 0) is 20.7 Å². The van der Waals surface area contributed by atoms with E-state index in [9.17, 15) is 8.42 Å². The molecular weight excluding hydrogens is 274 g/mol. The average Bonchev–Trinajstić information content (AvgIpc) is 2.41. The summed E-state index contributed by atoms with van der Waals surface area (Å²) in [5.74, 6) is 0. The Bertz CT molecular complexity index is 661. The first-order valence-electron chi connectivity index (χ1n) is 6.28. The topological polar surface area (TPSA) is 69.4 Å². The van der Waals surface area contributed by atoms with Crippen LogP contribution in [0.25, 0.3) is 0 Å². The molecule has 0 fully saturated rings. The van der Waals surface area contributed by atoms with Crippen molar-refractivity contribution >= 4 is 15.8 Å². The second-order valence-electron chi connectivity index (χ2n) is 4.58. The number of aryl methyl sites for hydroxylation is 1. The van der Waals surface area contributed by atoms with Crippen LogP contribution < -0.4 is 5.73 Å². The molecule has 0 atom stereocenters. The zero-order chi connectivity index (χ0) is 14.6. The largest absolute Gasteiger partial charge is 0.399 e. The molecule has 20 heavy (non-hydrogen) atoms. The smallest absolute Gasteiger partial charge is 0.296 e. The third kappa shape index (κ3) is 3.82. The second kappa shape index (κ2) is 6.07. The molecule has 106 valence electrons. The Morgan fingerprint density at radius 3 is 2.20 bits per heavy atom. The quantitative estimate of drug-likeness (QED) is 0.679. The number of nitrogens with two attached hydrogens (primary N) is 1. The van der Waals surface area contributed by atoms with E-state index in [4.69, 9.17) is 9.92 Å². The highest BCUT2D eigenvalue weighted by atomic mass is 32.2. The van der Waals surface area contributed by atoms with Crippen LogP contribution in [0.5, 0.6) is 0 Å². The fourth-order valence-corrected chi connectivity index (χ4v) is 2.63. The van der Waals surface area contributed by atoms with Crippen molar-refractivity contribution in [1.82, 2.24) is 0 Å². The summed E-state index contributed by atoms with van der Waals surface area (Å²) < 4.78 is 28.9. The lowest BCUT2D eigenvalue weighted by Crippen LogP contribution is -2.09. The van der Waals surface area contributed by atoms with Crippen molar-refractivity contribution in [1.29, 1.82) is 0 Å². The third-order valence-corrected chi connectivity index (χ3v) is 4.25. The predicted octanol–water partition coefficient (Wildman–Crippen LogP) is 2.53. The molecule has 2 N–H and O–H groups in total. The molecule has 4 nitrogen and oxygen atoms in total. The first kappa shape index (κ1) is 14.6. The summed E-state index contributed by atoms with van der Waals surface area (Å²) in [4.78, 5) is 0.181. The summed E-state index contributed by atoms with van der Waals surface area (Å²) >= 11 is 0. The Morgan fingerprint density at radius 1 is 1.00 bits per heavy atom. The highest BCUT2D eigenvalue weighted by Crippen LogP contribution is 2.14. The molecule has 0 spiro atoms. The van der Waals surface area contributed by atoms with Gasteiger partial charge in [0.25, 0.3) is 10.1 Å². The van der Waals surface area contributed by atoms with Crippen molar-refractivity contribution in [2.45, 2.75) is 18.2 Å². The van der Waals surface area contributed by atoms with Crippen molar-refractivity contribution in [2.75, 3.05) is 12.3 Å². The van der Waals surface area contributed by atoms with E-state index in [-0.39, 0.29) is 11.5 Å². The van der Waals surface area contributed by atoms with Crippen LogP contribution in [0.1, 0.15) is 11.1 Å². The monoisotopic (exact) mass is 291 g/mol. The van der Waals surface area contributed by atoms with Gasteiger partial charge < -0.3 is 5.73 Å². The van der Waals surface area contributed by atoms with E-state index in [0.717, 1.165) is 11.1 Å². The van der Waals surface area contributed by atoms with Gasteiger partial charge in [0.2, 0.25) is 0 Å². The molecule has 0 saturated carbocycles. The number of hydrogen-bond donors (Lipinski definition) is 1. The van der Waals surface area contributed by atoms with Crippen LogP contribution in [0, 0.1) is 6.92 Å². The van der Waals surface area contributed by atoms with Crippen LogP contribution in [0.4, 0.5) is 5.69 Å². The highest BCUT2D eigenvalue weighted by Gasteiger charge is 2.14. The van der Waals surface area contributed by atoms with Crippen molar-refractivity contribution in [3.05, 3.63) is 59.7 Å². The molecule has 0 heterocycles. The van der Waals surface area contributed by atoms with Gasteiger partial charge in [-0.25, -0.2) is 0 Å². The summed E-state index contributed by atoms with van der Waals surface area (Å²) in [5.41, 5.74) is 8.26. The molecule has 2 rings (SSSR count). The fraction of sp³-hybridized carbons (Fsp3) is 0.200. The van der Waals surface area contributed by atoms with Crippen molar-refractivity contribution in [3.8, 4) is 0 Å². The minimum absolute atomic E-state index is 0.111. The van der Waals surface area contributed by atoms with E-state index in [1.807, 2.05) is 19.1 Å². The Hall–Kier alpha value is -1.85. The molecule has 0 aliphatic rings. The standard InChI is InChI=1S/C15H17NO3S/c1-12-2-8-15(9-3-12)20(17,18)19-11-10-13-4-6-14(16)7-5-13/h2-9H,10-11,16H2,1H3. The van der Waals surface area contributed by atoms with Gasteiger partial charge in [-0.3, -0.25) is 4.18 Å². The number of anilines is 1. The molecule has 0 amide bonds. The molecule has 2 aromatic rings. The Labute approximate surface area is 119 Å². The number of hydrogen-bond acceptors (Lipinski definition) is 4. The van der Waals surface area contributed by atoms with Gasteiger partial charge in [-0.1, -0.05) is 29.8 Å². The minimum atomic E-state index is -3.68. The SMILES string of the molecule is Cc1ccc(S(=O)(=O)OCCc2ccc(N)cc2)cc1. The molecular formula is C15H17NO3S. The molecule has 0 radical (unpaired) electrons. The van der Waals surface area contributed by atoms with Crippen LogP contribution >= 0.6 is 0 Å².